The average Bonchev–Trinajstić information content (AvgIpc) is 2.41. The molecule has 2 N–H and O–H groups in total. The molecular formula is C14H14N4. The minimum Gasteiger partial charge on any atom is -0.398 e. The summed E-state index contributed by atoms with van der Waals surface area (Å²) in [6.45, 7) is 0.486. The van der Waals surface area contributed by atoms with E-state index in [0.717, 1.165) is 28.4 Å². The summed E-state index contributed by atoms with van der Waals surface area (Å²) >= 11 is 0. The number of fused-ring (bicyclic) bond motifs is 1. The van der Waals surface area contributed by atoms with Crippen molar-refractivity contribution in [2.75, 3.05) is 12.3 Å². The first-order chi connectivity index (χ1) is 8.83. The second-order valence-corrected chi connectivity index (χ2v) is 3.94. The van der Waals surface area contributed by atoms with E-state index in [1.165, 1.54) is 0 Å². The summed E-state index contributed by atoms with van der Waals surface area (Å²) in [5, 5.41) is 5.69. The second kappa shape index (κ2) is 5.75. The Morgan fingerprint density at radius 2 is 1.94 bits per heavy atom. The number of anilines is 1. The lowest BCUT2D eigenvalue weighted by Crippen LogP contribution is -1.88. The number of hydrogen-bond donors (Lipinski definition) is 1. The Kier molecular flexibility index (Phi) is 3.84. The number of nitrogens with zero attached hydrogens (tertiary/aromatic N) is 3. The van der Waals surface area contributed by atoms with Gasteiger partial charge in [0.1, 0.15) is 0 Å². The molecule has 2 aromatic carbocycles. The third-order valence-corrected chi connectivity index (χ3v) is 2.75. The minimum atomic E-state index is 0.486. The molecule has 90 valence electrons. The van der Waals surface area contributed by atoms with Crippen molar-refractivity contribution in [3.05, 3.63) is 58.5 Å². The highest BCUT2D eigenvalue weighted by Gasteiger charge is 2.00. The van der Waals surface area contributed by atoms with Crippen molar-refractivity contribution in [3.63, 3.8) is 0 Å². The summed E-state index contributed by atoms with van der Waals surface area (Å²) < 4.78 is 0. The van der Waals surface area contributed by atoms with Crippen molar-refractivity contribution >= 4 is 22.5 Å². The van der Waals surface area contributed by atoms with E-state index in [-0.39, 0.29) is 0 Å². The molecule has 0 atom stereocenters. The van der Waals surface area contributed by atoms with Gasteiger partial charge in [0.15, 0.2) is 0 Å². The summed E-state index contributed by atoms with van der Waals surface area (Å²) in [4.78, 5) is 2.72. The summed E-state index contributed by atoms with van der Waals surface area (Å²) in [7, 11) is 0. The summed E-state index contributed by atoms with van der Waals surface area (Å²) in [6.07, 6.45) is 4.78. The maximum Gasteiger partial charge on any atom is 0.0394 e. The predicted octanol–water partition coefficient (Wildman–Crippen LogP) is 4.14. The summed E-state index contributed by atoms with van der Waals surface area (Å²) in [5.74, 6) is 0. The average molecular weight is 238 g/mol. The Morgan fingerprint density at radius 1 is 1.17 bits per heavy atom. The normalized spacial score (nSPS) is 10.7. The Hall–Kier alpha value is -2.45. The molecule has 4 heteroatoms. The second-order valence-electron chi connectivity index (χ2n) is 3.94. The molecule has 18 heavy (non-hydrogen) atoms. The van der Waals surface area contributed by atoms with Crippen LogP contribution in [0.2, 0.25) is 0 Å². The number of azide groups is 1. The third kappa shape index (κ3) is 2.62. The molecule has 0 saturated carbocycles. The van der Waals surface area contributed by atoms with E-state index in [0.29, 0.717) is 6.54 Å². The van der Waals surface area contributed by atoms with Crippen LogP contribution in [0.15, 0.2) is 47.6 Å². The highest BCUT2D eigenvalue weighted by molar-refractivity contribution is 5.98. The van der Waals surface area contributed by atoms with Crippen molar-refractivity contribution in [1.82, 2.24) is 0 Å². The SMILES string of the molecule is [N-]=[N+]=NCCC=Cc1ccc(N)c2ccccc12. The Labute approximate surface area is 105 Å². The number of hydrogen-bond acceptors (Lipinski definition) is 2. The predicted molar refractivity (Wildman–Crippen MR) is 76.0 cm³/mol. The van der Waals surface area contributed by atoms with Crippen LogP contribution in [0.1, 0.15) is 12.0 Å². The standard InChI is InChI=1S/C14H14N4/c15-14-9-8-11(5-3-4-10-17-18-16)12-6-1-2-7-13(12)14/h1-3,5-9H,4,10,15H2. The van der Waals surface area contributed by atoms with Crippen molar-refractivity contribution in [2.45, 2.75) is 6.42 Å². The van der Waals surface area contributed by atoms with E-state index in [2.05, 4.69) is 16.1 Å². The van der Waals surface area contributed by atoms with Crippen molar-refractivity contribution in [1.29, 1.82) is 0 Å². The van der Waals surface area contributed by atoms with Gasteiger partial charge in [0.05, 0.1) is 0 Å². The van der Waals surface area contributed by atoms with Crippen LogP contribution >= 0.6 is 0 Å². The molecule has 0 heterocycles. The molecule has 0 aliphatic heterocycles. The van der Waals surface area contributed by atoms with Gasteiger partial charge < -0.3 is 5.73 Å². The van der Waals surface area contributed by atoms with Gasteiger partial charge >= 0.3 is 0 Å². The fourth-order valence-electron chi connectivity index (χ4n) is 1.88. The molecule has 2 aromatic rings. The molecule has 0 bridgehead atoms. The largest absolute Gasteiger partial charge is 0.398 e. The van der Waals surface area contributed by atoms with E-state index in [4.69, 9.17) is 11.3 Å². The Balaban J connectivity index is 2.28. The monoisotopic (exact) mass is 238 g/mol. The van der Waals surface area contributed by atoms with Crippen molar-refractivity contribution in [2.24, 2.45) is 5.11 Å². The number of benzene rings is 2. The maximum absolute atomic E-state index is 8.17. The zero-order chi connectivity index (χ0) is 12.8. The molecule has 4 nitrogen and oxygen atoms in total. The van der Waals surface area contributed by atoms with E-state index < -0.39 is 0 Å². The number of nitrogen functional groups attached to an aromatic ring is 1. The quantitative estimate of drug-likeness (QED) is 0.281. The van der Waals surface area contributed by atoms with Gasteiger partial charge in [-0.05, 0) is 29.0 Å². The first-order valence-corrected chi connectivity index (χ1v) is 5.77. The van der Waals surface area contributed by atoms with Gasteiger partial charge in [0.25, 0.3) is 0 Å². The van der Waals surface area contributed by atoms with Crippen LogP contribution in [-0.2, 0) is 0 Å². The van der Waals surface area contributed by atoms with Crippen LogP contribution in [0.25, 0.3) is 27.3 Å². The topological polar surface area (TPSA) is 74.8 Å². The lowest BCUT2D eigenvalue weighted by atomic mass is 10.0. The van der Waals surface area contributed by atoms with Gasteiger partial charge in [-0.3, -0.25) is 0 Å². The van der Waals surface area contributed by atoms with Gasteiger partial charge in [-0.25, -0.2) is 0 Å². The summed E-state index contributed by atoms with van der Waals surface area (Å²) in [5.41, 5.74) is 16.0. The molecule has 0 aromatic heterocycles. The van der Waals surface area contributed by atoms with Crippen LogP contribution < -0.4 is 5.73 Å². The molecule has 0 aliphatic rings. The molecule has 0 unspecified atom stereocenters. The minimum absolute atomic E-state index is 0.486. The third-order valence-electron chi connectivity index (χ3n) is 2.75. The van der Waals surface area contributed by atoms with Gasteiger partial charge in [-0.2, -0.15) is 0 Å². The van der Waals surface area contributed by atoms with Crippen molar-refractivity contribution in [3.8, 4) is 0 Å². The molecule has 0 aliphatic carbocycles. The lowest BCUT2D eigenvalue weighted by Gasteiger charge is -2.05. The van der Waals surface area contributed by atoms with Crippen molar-refractivity contribution < 1.29 is 0 Å². The number of rotatable bonds is 4. The zero-order valence-corrected chi connectivity index (χ0v) is 9.95. The first-order valence-electron chi connectivity index (χ1n) is 5.77. The molecule has 0 spiro atoms. The molecule has 0 radical (unpaired) electrons. The summed E-state index contributed by atoms with van der Waals surface area (Å²) in [6, 6.07) is 12.0. The smallest absolute Gasteiger partial charge is 0.0394 e. The molecular weight excluding hydrogens is 224 g/mol. The van der Waals surface area contributed by atoms with Gasteiger partial charge in [-0.15, -0.1) is 0 Å². The fourth-order valence-corrected chi connectivity index (χ4v) is 1.88. The first kappa shape index (κ1) is 12.0. The Morgan fingerprint density at radius 3 is 2.72 bits per heavy atom. The van der Waals surface area contributed by atoms with Gasteiger partial charge in [-0.1, -0.05) is 47.6 Å². The van der Waals surface area contributed by atoms with Gasteiger partial charge in [0.2, 0.25) is 0 Å². The lowest BCUT2D eigenvalue weighted by molar-refractivity contribution is 0.996. The van der Waals surface area contributed by atoms with E-state index >= 15 is 0 Å². The van der Waals surface area contributed by atoms with Crippen LogP contribution in [0, 0.1) is 0 Å². The maximum atomic E-state index is 8.17. The van der Waals surface area contributed by atoms with Gasteiger partial charge in [0, 0.05) is 22.5 Å². The van der Waals surface area contributed by atoms with Crippen LogP contribution in [0.4, 0.5) is 5.69 Å². The highest BCUT2D eigenvalue weighted by Crippen LogP contribution is 2.25. The molecule has 2 rings (SSSR count). The Bertz CT molecular complexity index is 625. The van der Waals surface area contributed by atoms with E-state index in [9.17, 15) is 0 Å². The van der Waals surface area contributed by atoms with Crippen LogP contribution in [0.5, 0.6) is 0 Å². The fraction of sp³-hybridized carbons (Fsp3) is 0.143. The zero-order valence-electron chi connectivity index (χ0n) is 9.95. The van der Waals surface area contributed by atoms with E-state index in [1.54, 1.807) is 0 Å². The van der Waals surface area contributed by atoms with Crippen LogP contribution in [-0.4, -0.2) is 6.54 Å². The van der Waals surface area contributed by atoms with Crippen LogP contribution in [0.3, 0.4) is 0 Å². The molecule has 0 saturated heterocycles. The highest BCUT2D eigenvalue weighted by atomic mass is 15.1. The van der Waals surface area contributed by atoms with E-state index in [1.807, 2.05) is 42.5 Å². The number of nitrogens with two attached hydrogens (primary N) is 1. The molecule has 0 amide bonds. The molecule has 0 fully saturated rings.